The average molecular weight is 302 g/mol. The zero-order valence-corrected chi connectivity index (χ0v) is 13.3. The van der Waals surface area contributed by atoms with E-state index in [4.69, 9.17) is 0 Å². The van der Waals surface area contributed by atoms with Gasteiger partial charge in [0.05, 0.1) is 0 Å². The Morgan fingerprint density at radius 1 is 1.23 bits per heavy atom. The fraction of sp³-hybridized carbons (Fsp3) is 0.471. The van der Waals surface area contributed by atoms with E-state index >= 15 is 0 Å². The van der Waals surface area contributed by atoms with E-state index < -0.39 is 6.04 Å². The molecule has 3 amide bonds. The quantitative estimate of drug-likeness (QED) is 0.625. The number of imide groups is 1. The van der Waals surface area contributed by atoms with E-state index in [2.05, 4.69) is 5.32 Å². The van der Waals surface area contributed by atoms with Crippen molar-refractivity contribution < 1.29 is 14.4 Å². The summed E-state index contributed by atoms with van der Waals surface area (Å²) in [7, 11) is 0. The maximum atomic E-state index is 12.8. The van der Waals surface area contributed by atoms with Crippen molar-refractivity contribution in [3.8, 4) is 0 Å². The van der Waals surface area contributed by atoms with E-state index in [0.29, 0.717) is 25.0 Å². The summed E-state index contributed by atoms with van der Waals surface area (Å²) in [5, 5.41) is 2.32. The zero-order valence-electron chi connectivity index (χ0n) is 13.3. The van der Waals surface area contributed by atoms with Gasteiger partial charge in [-0.05, 0) is 39.2 Å². The van der Waals surface area contributed by atoms with Gasteiger partial charge in [0.2, 0.25) is 11.8 Å². The lowest BCUT2D eigenvalue weighted by Crippen LogP contribution is -2.56. The number of allylic oxidation sites excluding steroid dienone is 4. The van der Waals surface area contributed by atoms with Gasteiger partial charge in [0.15, 0.2) is 0 Å². The van der Waals surface area contributed by atoms with Crippen LogP contribution in [0, 0.1) is 0 Å². The van der Waals surface area contributed by atoms with Crippen LogP contribution in [0.1, 0.15) is 40.0 Å². The number of nitrogens with one attached hydrogen (secondary N) is 1. The zero-order chi connectivity index (χ0) is 16.3. The molecule has 0 radical (unpaired) electrons. The molecule has 0 spiro atoms. The predicted molar refractivity (Wildman–Crippen MR) is 83.8 cm³/mol. The van der Waals surface area contributed by atoms with Crippen LogP contribution in [0.25, 0.3) is 0 Å². The first kappa shape index (κ1) is 16.2. The Hall–Kier alpha value is -2.17. The summed E-state index contributed by atoms with van der Waals surface area (Å²) in [4.78, 5) is 37.7. The van der Waals surface area contributed by atoms with Crippen molar-refractivity contribution in [2.75, 3.05) is 6.54 Å². The van der Waals surface area contributed by atoms with E-state index in [9.17, 15) is 14.4 Å². The molecule has 2 rings (SSSR count). The third-order valence-corrected chi connectivity index (χ3v) is 3.99. The summed E-state index contributed by atoms with van der Waals surface area (Å²) in [5.74, 6) is -0.739. The molecule has 0 aliphatic carbocycles. The summed E-state index contributed by atoms with van der Waals surface area (Å²) in [6, 6.07) is -0.539. The standard InChI is InChI=1S/C17H22N2O3/c1-4-5-6-12-9-10-19(17(22)15(12)11(2)3)13-7-8-14(20)18-16(13)21/h4-6,13H,7-10H2,1-3H3,(H,18,20,21)/b5-4-,12-6-. The number of hydrogen-bond acceptors (Lipinski definition) is 3. The van der Waals surface area contributed by atoms with Gasteiger partial charge in [0, 0.05) is 18.5 Å². The molecule has 2 aliphatic rings. The lowest BCUT2D eigenvalue weighted by Gasteiger charge is -2.37. The van der Waals surface area contributed by atoms with E-state index in [1.54, 1.807) is 4.90 Å². The van der Waals surface area contributed by atoms with Crippen molar-refractivity contribution in [3.63, 3.8) is 0 Å². The second-order valence-corrected chi connectivity index (χ2v) is 5.81. The molecule has 0 aromatic rings. The van der Waals surface area contributed by atoms with Crippen molar-refractivity contribution in [2.24, 2.45) is 0 Å². The maximum Gasteiger partial charge on any atom is 0.254 e. The number of carbonyl (C=O) groups is 3. The molecular weight excluding hydrogens is 280 g/mol. The molecule has 0 aromatic heterocycles. The van der Waals surface area contributed by atoms with Crippen LogP contribution in [-0.2, 0) is 14.4 Å². The molecule has 22 heavy (non-hydrogen) atoms. The minimum atomic E-state index is -0.539. The molecule has 118 valence electrons. The molecular formula is C17H22N2O3. The van der Waals surface area contributed by atoms with Crippen LogP contribution in [0.5, 0.6) is 0 Å². The first-order valence-corrected chi connectivity index (χ1v) is 7.60. The Bertz CT molecular complexity index is 595. The van der Waals surface area contributed by atoms with Crippen LogP contribution in [-0.4, -0.2) is 35.2 Å². The third-order valence-electron chi connectivity index (χ3n) is 3.99. The van der Waals surface area contributed by atoms with Crippen molar-refractivity contribution in [3.05, 3.63) is 34.9 Å². The van der Waals surface area contributed by atoms with Crippen LogP contribution in [0.15, 0.2) is 34.9 Å². The highest BCUT2D eigenvalue weighted by Gasteiger charge is 2.38. The summed E-state index contributed by atoms with van der Waals surface area (Å²) < 4.78 is 0. The number of likely N-dealkylation sites (tertiary alicyclic amines) is 1. The lowest BCUT2D eigenvalue weighted by atomic mass is 9.90. The monoisotopic (exact) mass is 302 g/mol. The molecule has 1 unspecified atom stereocenters. The molecule has 5 nitrogen and oxygen atoms in total. The van der Waals surface area contributed by atoms with Gasteiger partial charge in [0.1, 0.15) is 6.04 Å². The fourth-order valence-corrected chi connectivity index (χ4v) is 2.94. The van der Waals surface area contributed by atoms with Crippen LogP contribution in [0.2, 0.25) is 0 Å². The number of hydrogen-bond donors (Lipinski definition) is 1. The number of carbonyl (C=O) groups excluding carboxylic acids is 3. The normalized spacial score (nSPS) is 25.1. The van der Waals surface area contributed by atoms with Gasteiger partial charge in [0.25, 0.3) is 5.91 Å². The highest BCUT2D eigenvalue weighted by atomic mass is 16.2. The smallest absolute Gasteiger partial charge is 0.254 e. The van der Waals surface area contributed by atoms with Crippen molar-refractivity contribution in [2.45, 2.75) is 46.1 Å². The van der Waals surface area contributed by atoms with Crippen LogP contribution in [0.4, 0.5) is 0 Å². The van der Waals surface area contributed by atoms with Gasteiger partial charge in [-0.25, -0.2) is 0 Å². The van der Waals surface area contributed by atoms with Crippen LogP contribution in [0.3, 0.4) is 0 Å². The average Bonchev–Trinajstić information content (AvgIpc) is 2.45. The molecule has 2 aliphatic heterocycles. The van der Waals surface area contributed by atoms with Gasteiger partial charge >= 0.3 is 0 Å². The third kappa shape index (κ3) is 3.18. The predicted octanol–water partition coefficient (Wildman–Crippen LogP) is 1.86. The van der Waals surface area contributed by atoms with E-state index in [0.717, 1.165) is 11.1 Å². The Labute approximate surface area is 130 Å². The number of rotatable bonds is 2. The molecule has 0 aromatic carbocycles. The van der Waals surface area contributed by atoms with E-state index in [-0.39, 0.29) is 24.1 Å². The topological polar surface area (TPSA) is 66.5 Å². The summed E-state index contributed by atoms with van der Waals surface area (Å²) in [6.45, 7) is 6.25. The van der Waals surface area contributed by atoms with Gasteiger partial charge in [-0.15, -0.1) is 0 Å². The highest BCUT2D eigenvalue weighted by Crippen LogP contribution is 2.29. The Morgan fingerprint density at radius 2 is 1.95 bits per heavy atom. The van der Waals surface area contributed by atoms with E-state index in [1.807, 2.05) is 39.0 Å². The Balaban J connectivity index is 2.28. The van der Waals surface area contributed by atoms with Crippen molar-refractivity contribution in [1.29, 1.82) is 0 Å². The molecule has 0 bridgehead atoms. The first-order valence-electron chi connectivity index (χ1n) is 7.60. The van der Waals surface area contributed by atoms with E-state index in [1.165, 1.54) is 0 Å². The highest BCUT2D eigenvalue weighted by molar-refractivity contribution is 6.05. The SMILES string of the molecule is C/C=C\C=C1\CCN(C2CCC(=O)NC2=O)C(=O)C1=C(C)C. The van der Waals surface area contributed by atoms with Crippen molar-refractivity contribution in [1.82, 2.24) is 10.2 Å². The van der Waals surface area contributed by atoms with Gasteiger partial charge in [-0.3, -0.25) is 19.7 Å². The van der Waals surface area contributed by atoms with Gasteiger partial charge in [-0.1, -0.05) is 23.8 Å². The lowest BCUT2D eigenvalue weighted by molar-refractivity contribution is -0.144. The number of piperidine rings is 2. The Kier molecular flexibility index (Phi) is 4.96. The Morgan fingerprint density at radius 3 is 2.55 bits per heavy atom. The summed E-state index contributed by atoms with van der Waals surface area (Å²) in [5.41, 5.74) is 2.64. The largest absolute Gasteiger partial charge is 0.326 e. The van der Waals surface area contributed by atoms with Gasteiger partial charge in [-0.2, -0.15) is 0 Å². The number of amides is 3. The minimum absolute atomic E-state index is 0.114. The van der Waals surface area contributed by atoms with Gasteiger partial charge < -0.3 is 4.90 Å². The molecule has 2 heterocycles. The fourth-order valence-electron chi connectivity index (χ4n) is 2.94. The van der Waals surface area contributed by atoms with Crippen LogP contribution < -0.4 is 5.32 Å². The molecule has 5 heteroatoms. The molecule has 1 atom stereocenters. The molecule has 2 saturated heterocycles. The van der Waals surface area contributed by atoms with Crippen molar-refractivity contribution >= 4 is 17.7 Å². The molecule has 0 saturated carbocycles. The second-order valence-electron chi connectivity index (χ2n) is 5.81. The maximum absolute atomic E-state index is 12.8. The minimum Gasteiger partial charge on any atom is -0.326 e. The molecule has 1 N–H and O–H groups in total. The van der Waals surface area contributed by atoms with Crippen LogP contribution >= 0.6 is 0 Å². The molecule has 2 fully saturated rings. The summed E-state index contributed by atoms with van der Waals surface area (Å²) in [6.07, 6.45) is 7.21. The number of nitrogens with zero attached hydrogens (tertiary/aromatic N) is 1. The second kappa shape index (κ2) is 6.73. The summed E-state index contributed by atoms with van der Waals surface area (Å²) >= 11 is 0. The first-order chi connectivity index (χ1) is 10.5.